The quantitative estimate of drug-likeness (QED) is 0.826. The van der Waals surface area contributed by atoms with Crippen molar-refractivity contribution in [3.63, 3.8) is 0 Å². The summed E-state index contributed by atoms with van der Waals surface area (Å²) in [7, 11) is 1.49. The monoisotopic (exact) mass is 239 g/mol. The maximum atomic E-state index is 9.52. The Labute approximate surface area is 99.6 Å². The van der Waals surface area contributed by atoms with Crippen LogP contribution in [-0.2, 0) is 0 Å². The first-order chi connectivity index (χ1) is 7.72. The van der Waals surface area contributed by atoms with Gasteiger partial charge in [-0.15, -0.1) is 0 Å². The highest BCUT2D eigenvalue weighted by atomic mass is 35.5. The molecule has 2 aromatic rings. The van der Waals surface area contributed by atoms with E-state index in [0.29, 0.717) is 21.7 Å². The Bertz CT molecular complexity index is 486. The summed E-state index contributed by atoms with van der Waals surface area (Å²) < 4.78 is 4.96. The van der Waals surface area contributed by atoms with Crippen molar-refractivity contribution in [1.29, 1.82) is 0 Å². The van der Waals surface area contributed by atoms with E-state index in [1.807, 2.05) is 13.8 Å². The molecule has 0 aliphatic rings. The molecule has 0 aliphatic carbocycles. The van der Waals surface area contributed by atoms with Gasteiger partial charge in [-0.25, -0.2) is 0 Å². The fraction of sp³-hybridized carbons (Fsp3) is 0.250. The number of phenols is 1. The van der Waals surface area contributed by atoms with Crippen molar-refractivity contribution in [3.8, 4) is 11.5 Å². The molecule has 1 heterocycles. The summed E-state index contributed by atoms with van der Waals surface area (Å²) >= 11 is 5.93. The van der Waals surface area contributed by atoms with Crippen molar-refractivity contribution in [2.75, 3.05) is 7.11 Å². The predicted molar refractivity (Wildman–Crippen MR) is 66.3 cm³/mol. The van der Waals surface area contributed by atoms with Gasteiger partial charge in [-0.1, -0.05) is 25.4 Å². The van der Waals surface area contributed by atoms with Crippen LogP contribution < -0.4 is 4.74 Å². The van der Waals surface area contributed by atoms with Crippen LogP contribution >= 0.6 is 11.6 Å². The third-order valence-corrected chi connectivity index (χ3v) is 2.32. The van der Waals surface area contributed by atoms with E-state index in [1.165, 1.54) is 7.11 Å². The number of hydrogen-bond donors (Lipinski definition) is 1. The number of aromatic nitrogens is 1. The molecule has 0 aliphatic heterocycles. The maximum absolute atomic E-state index is 9.52. The third kappa shape index (κ3) is 2.36. The summed E-state index contributed by atoms with van der Waals surface area (Å²) in [6.45, 7) is 4.00. The predicted octanol–water partition coefficient (Wildman–Crippen LogP) is 3.63. The van der Waals surface area contributed by atoms with Crippen molar-refractivity contribution < 1.29 is 9.84 Å². The summed E-state index contributed by atoms with van der Waals surface area (Å²) in [6.07, 6.45) is 1.61. The Hall–Kier alpha value is -1.48. The normalized spacial score (nSPS) is 9.50. The highest BCUT2D eigenvalue weighted by Gasteiger charge is 2.06. The van der Waals surface area contributed by atoms with Crippen LogP contribution in [0.5, 0.6) is 11.5 Å². The van der Waals surface area contributed by atoms with Gasteiger partial charge in [0.2, 0.25) is 0 Å². The van der Waals surface area contributed by atoms with E-state index in [4.69, 9.17) is 16.3 Å². The van der Waals surface area contributed by atoms with Crippen LogP contribution in [0.2, 0.25) is 5.02 Å². The molecule has 16 heavy (non-hydrogen) atoms. The standard InChI is InChI=1S/C10H8ClNO2.C2H6/c1-14-10-5-8-6(4-9(10)13)7(11)2-3-12-8;1-2/h2-5,13H,1H3;1-2H3. The maximum Gasteiger partial charge on any atom is 0.162 e. The zero-order chi connectivity index (χ0) is 12.1. The molecule has 1 N–H and O–H groups in total. The van der Waals surface area contributed by atoms with E-state index in [2.05, 4.69) is 4.98 Å². The average molecular weight is 240 g/mol. The molecular weight excluding hydrogens is 226 g/mol. The molecule has 0 unspecified atom stereocenters. The molecule has 0 saturated carbocycles. The molecule has 1 aromatic carbocycles. The minimum absolute atomic E-state index is 0.0647. The molecular formula is C12H14ClNO2. The van der Waals surface area contributed by atoms with E-state index in [-0.39, 0.29) is 5.75 Å². The second-order valence-electron chi connectivity index (χ2n) is 2.83. The Morgan fingerprint density at radius 2 is 2.00 bits per heavy atom. The second-order valence-corrected chi connectivity index (χ2v) is 3.24. The fourth-order valence-corrected chi connectivity index (χ4v) is 1.50. The number of ether oxygens (including phenoxy) is 1. The smallest absolute Gasteiger partial charge is 0.162 e. The number of halogens is 1. The number of pyridine rings is 1. The van der Waals surface area contributed by atoms with Crippen LogP contribution in [0.4, 0.5) is 0 Å². The largest absolute Gasteiger partial charge is 0.504 e. The minimum atomic E-state index is 0.0647. The molecule has 0 saturated heterocycles. The van der Waals surface area contributed by atoms with Crippen LogP contribution in [0.25, 0.3) is 10.9 Å². The van der Waals surface area contributed by atoms with Gasteiger partial charge >= 0.3 is 0 Å². The third-order valence-electron chi connectivity index (χ3n) is 1.99. The molecule has 0 atom stereocenters. The molecule has 1 aromatic heterocycles. The van der Waals surface area contributed by atoms with Crippen molar-refractivity contribution in [3.05, 3.63) is 29.4 Å². The average Bonchev–Trinajstić information content (AvgIpc) is 2.32. The van der Waals surface area contributed by atoms with Crippen molar-refractivity contribution in [1.82, 2.24) is 4.98 Å². The first-order valence-corrected chi connectivity index (χ1v) is 5.41. The Kier molecular flexibility index (Phi) is 4.38. The second kappa shape index (κ2) is 5.56. The Morgan fingerprint density at radius 3 is 2.62 bits per heavy atom. The summed E-state index contributed by atoms with van der Waals surface area (Å²) in [4.78, 5) is 4.12. The molecule has 0 spiro atoms. The van der Waals surface area contributed by atoms with E-state index in [9.17, 15) is 5.11 Å². The Morgan fingerprint density at radius 1 is 1.31 bits per heavy atom. The lowest BCUT2D eigenvalue weighted by Crippen LogP contribution is -1.86. The van der Waals surface area contributed by atoms with Gasteiger partial charge in [-0.2, -0.15) is 0 Å². The highest BCUT2D eigenvalue weighted by Crippen LogP contribution is 2.32. The molecule has 4 heteroatoms. The van der Waals surface area contributed by atoms with E-state index < -0.39 is 0 Å². The summed E-state index contributed by atoms with van der Waals surface area (Å²) in [5.74, 6) is 0.460. The highest BCUT2D eigenvalue weighted by molar-refractivity contribution is 6.35. The summed E-state index contributed by atoms with van der Waals surface area (Å²) in [6, 6.07) is 4.87. The number of benzene rings is 1. The van der Waals surface area contributed by atoms with Crippen LogP contribution in [0.1, 0.15) is 13.8 Å². The lowest BCUT2D eigenvalue weighted by Gasteiger charge is -2.05. The summed E-state index contributed by atoms with van der Waals surface area (Å²) in [5, 5.41) is 10.8. The van der Waals surface area contributed by atoms with E-state index in [0.717, 1.165) is 0 Å². The molecule has 2 rings (SSSR count). The van der Waals surface area contributed by atoms with Gasteiger partial charge in [0.25, 0.3) is 0 Å². The van der Waals surface area contributed by atoms with Crippen LogP contribution in [0.3, 0.4) is 0 Å². The van der Waals surface area contributed by atoms with Gasteiger partial charge in [0, 0.05) is 17.6 Å². The molecule has 0 bridgehead atoms. The van der Waals surface area contributed by atoms with Crippen LogP contribution in [0, 0.1) is 0 Å². The molecule has 0 fully saturated rings. The van der Waals surface area contributed by atoms with Crippen LogP contribution in [0.15, 0.2) is 24.4 Å². The number of rotatable bonds is 1. The fourth-order valence-electron chi connectivity index (χ4n) is 1.29. The first-order valence-electron chi connectivity index (χ1n) is 5.03. The van der Waals surface area contributed by atoms with Gasteiger partial charge in [-0.05, 0) is 12.1 Å². The van der Waals surface area contributed by atoms with E-state index in [1.54, 1.807) is 24.4 Å². The first kappa shape index (κ1) is 12.6. The minimum Gasteiger partial charge on any atom is -0.504 e. The van der Waals surface area contributed by atoms with Gasteiger partial charge in [0.15, 0.2) is 11.5 Å². The zero-order valence-corrected chi connectivity index (χ0v) is 10.2. The van der Waals surface area contributed by atoms with Gasteiger partial charge in [0.1, 0.15) is 0 Å². The number of nitrogens with zero attached hydrogens (tertiary/aromatic N) is 1. The number of methoxy groups -OCH3 is 1. The zero-order valence-electron chi connectivity index (χ0n) is 9.49. The van der Waals surface area contributed by atoms with E-state index >= 15 is 0 Å². The SMILES string of the molecule is CC.COc1cc2nccc(Cl)c2cc1O. The van der Waals surface area contributed by atoms with Crippen molar-refractivity contribution in [2.24, 2.45) is 0 Å². The number of phenolic OH excluding ortho intramolecular Hbond substituents is 1. The number of hydrogen-bond acceptors (Lipinski definition) is 3. The molecule has 0 radical (unpaired) electrons. The van der Waals surface area contributed by atoms with Gasteiger partial charge in [-0.3, -0.25) is 4.98 Å². The van der Waals surface area contributed by atoms with Crippen molar-refractivity contribution >= 4 is 22.5 Å². The van der Waals surface area contributed by atoms with Crippen LogP contribution in [-0.4, -0.2) is 17.2 Å². The number of aromatic hydroxyl groups is 1. The molecule has 0 amide bonds. The molecule has 3 nitrogen and oxygen atoms in total. The van der Waals surface area contributed by atoms with Gasteiger partial charge < -0.3 is 9.84 Å². The Balaban J connectivity index is 0.000000606. The summed E-state index contributed by atoms with van der Waals surface area (Å²) in [5.41, 5.74) is 0.701. The van der Waals surface area contributed by atoms with Gasteiger partial charge in [0.05, 0.1) is 17.6 Å². The molecule has 86 valence electrons. The lowest BCUT2D eigenvalue weighted by molar-refractivity contribution is 0.374. The lowest BCUT2D eigenvalue weighted by atomic mass is 10.2. The topological polar surface area (TPSA) is 42.4 Å². The van der Waals surface area contributed by atoms with Crippen molar-refractivity contribution in [2.45, 2.75) is 13.8 Å². The number of fused-ring (bicyclic) bond motifs is 1.